The molecule has 4 aliphatic rings. The van der Waals surface area contributed by atoms with Crippen molar-refractivity contribution in [2.24, 2.45) is 17.8 Å². The molecule has 3 amide bonds. The Bertz CT molecular complexity index is 1170. The minimum Gasteiger partial charge on any atom is -0.444 e. The highest BCUT2D eigenvalue weighted by Gasteiger charge is 2.52. The Hall–Kier alpha value is -3.16. The van der Waals surface area contributed by atoms with Gasteiger partial charge in [0.2, 0.25) is 0 Å². The lowest BCUT2D eigenvalue weighted by Crippen LogP contribution is -2.52. The van der Waals surface area contributed by atoms with Crippen molar-refractivity contribution < 1.29 is 19.1 Å². The molecule has 8 heteroatoms. The first-order chi connectivity index (χ1) is 17.0. The van der Waals surface area contributed by atoms with Crippen molar-refractivity contribution in [3.05, 3.63) is 41.6 Å². The third-order valence-corrected chi connectivity index (χ3v) is 7.98. The molecule has 1 aromatic heterocycles. The van der Waals surface area contributed by atoms with Gasteiger partial charge in [-0.3, -0.25) is 20.4 Å². The van der Waals surface area contributed by atoms with Crippen molar-refractivity contribution in [2.45, 2.75) is 83.3 Å². The van der Waals surface area contributed by atoms with Crippen LogP contribution in [-0.2, 0) is 14.9 Å². The molecule has 2 aromatic rings. The molecule has 0 aliphatic heterocycles. The van der Waals surface area contributed by atoms with E-state index < -0.39 is 29.6 Å². The topological polar surface area (TPSA) is 109 Å². The number of pyridine rings is 1. The lowest BCUT2D eigenvalue weighted by Gasteiger charge is -2.57. The summed E-state index contributed by atoms with van der Waals surface area (Å²) >= 11 is 0. The first-order valence-corrected chi connectivity index (χ1v) is 13.0. The maximum atomic E-state index is 13.1. The van der Waals surface area contributed by atoms with Crippen LogP contribution in [0.3, 0.4) is 0 Å². The van der Waals surface area contributed by atoms with Crippen molar-refractivity contribution >= 4 is 28.8 Å². The number of nitrogens with zero attached hydrogens (tertiary/aromatic N) is 1. The molecule has 0 radical (unpaired) electrons. The zero-order valence-electron chi connectivity index (χ0n) is 21.5. The van der Waals surface area contributed by atoms with Gasteiger partial charge in [0.05, 0.1) is 5.52 Å². The Kier molecular flexibility index (Phi) is 6.17. The fourth-order valence-electron chi connectivity index (χ4n) is 7.01. The number of ether oxygens (including phenoxy) is 1. The van der Waals surface area contributed by atoms with Crippen LogP contribution in [0.15, 0.2) is 30.3 Å². The number of carbonyl (C=O) groups is 3. The molecule has 1 aromatic carbocycles. The molecule has 192 valence electrons. The van der Waals surface area contributed by atoms with Crippen molar-refractivity contribution in [2.75, 3.05) is 0 Å². The molecule has 0 spiro atoms. The highest BCUT2D eigenvalue weighted by Crippen LogP contribution is 2.61. The first-order valence-electron chi connectivity index (χ1n) is 13.0. The molecule has 4 bridgehead atoms. The van der Waals surface area contributed by atoms with Gasteiger partial charge in [-0.1, -0.05) is 18.2 Å². The van der Waals surface area contributed by atoms with E-state index in [1.807, 2.05) is 24.3 Å². The number of alkyl carbamates (subject to hydrolysis) is 1. The van der Waals surface area contributed by atoms with Crippen molar-refractivity contribution in [3.8, 4) is 0 Å². The third-order valence-electron chi connectivity index (χ3n) is 7.98. The second-order valence-electron chi connectivity index (χ2n) is 12.1. The predicted molar refractivity (Wildman–Crippen MR) is 136 cm³/mol. The fraction of sp³-hybridized carbons (Fsp3) is 0.571. The summed E-state index contributed by atoms with van der Waals surface area (Å²) in [5, 5.41) is 3.59. The van der Waals surface area contributed by atoms with Gasteiger partial charge < -0.3 is 10.1 Å². The van der Waals surface area contributed by atoms with Gasteiger partial charge >= 0.3 is 6.09 Å². The summed E-state index contributed by atoms with van der Waals surface area (Å²) < 4.78 is 5.18. The van der Waals surface area contributed by atoms with E-state index in [0.717, 1.165) is 28.7 Å². The van der Waals surface area contributed by atoms with Crippen LogP contribution >= 0.6 is 0 Å². The van der Waals surface area contributed by atoms with Crippen LogP contribution in [0.1, 0.15) is 82.3 Å². The second kappa shape index (κ2) is 9.05. The van der Waals surface area contributed by atoms with E-state index in [9.17, 15) is 14.4 Å². The number of nitrogens with one attached hydrogen (secondary N) is 3. The average molecular weight is 493 g/mol. The number of carbonyl (C=O) groups excluding carboxylic acids is 3. The fourth-order valence-corrected chi connectivity index (χ4v) is 7.01. The van der Waals surface area contributed by atoms with Crippen molar-refractivity contribution in [1.82, 2.24) is 21.2 Å². The Morgan fingerprint density at radius 1 is 1.00 bits per heavy atom. The Balaban J connectivity index is 1.33. The predicted octanol–water partition coefficient (Wildman–Crippen LogP) is 4.38. The minimum absolute atomic E-state index is 0.0986. The SMILES string of the molecule is C[C@H](NC(=O)OC(C)(C)C)C(=O)NNC(=O)c1cc(C23CC4CC(CC(C4)C2)C3)c2ccccc2n1. The maximum absolute atomic E-state index is 13.1. The van der Waals surface area contributed by atoms with Crippen LogP contribution < -0.4 is 16.2 Å². The van der Waals surface area contributed by atoms with Gasteiger partial charge in [-0.05, 0) is 107 Å². The quantitative estimate of drug-likeness (QED) is 0.549. The maximum Gasteiger partial charge on any atom is 0.408 e. The highest BCUT2D eigenvalue weighted by molar-refractivity contribution is 5.97. The number of para-hydroxylation sites is 1. The van der Waals surface area contributed by atoms with Crippen LogP contribution in [0.25, 0.3) is 10.9 Å². The standard InChI is InChI=1S/C28H36N4O4/c1-16(29-26(35)36-27(2,3)4)24(33)31-32-25(34)23-12-21(20-7-5-6-8-22(20)30-23)28-13-17-9-18(14-28)11-19(10-17)15-28/h5-8,12,16-19H,9-11,13-15H2,1-4H3,(H,29,35)(H,31,33)(H,32,34)/t16-,17?,18?,19?,28?/m0/s1. The van der Waals surface area contributed by atoms with E-state index >= 15 is 0 Å². The first kappa shape index (κ1) is 24.5. The van der Waals surface area contributed by atoms with Gasteiger partial charge in [-0.2, -0.15) is 0 Å². The number of rotatable bonds is 4. The lowest BCUT2D eigenvalue weighted by molar-refractivity contribution is -0.123. The van der Waals surface area contributed by atoms with Crippen LogP contribution in [0.5, 0.6) is 0 Å². The molecule has 8 nitrogen and oxygen atoms in total. The Morgan fingerprint density at radius 3 is 2.22 bits per heavy atom. The molecule has 36 heavy (non-hydrogen) atoms. The van der Waals surface area contributed by atoms with Crippen LogP contribution in [0, 0.1) is 17.8 Å². The zero-order chi connectivity index (χ0) is 25.7. The van der Waals surface area contributed by atoms with Crippen LogP contribution in [0.2, 0.25) is 0 Å². The number of hydrogen-bond donors (Lipinski definition) is 3. The summed E-state index contributed by atoms with van der Waals surface area (Å²) in [6.45, 7) is 6.74. The smallest absolute Gasteiger partial charge is 0.408 e. The van der Waals surface area contributed by atoms with Gasteiger partial charge in [0.15, 0.2) is 0 Å². The highest BCUT2D eigenvalue weighted by atomic mass is 16.6. The van der Waals surface area contributed by atoms with Crippen LogP contribution in [-0.4, -0.2) is 34.5 Å². The molecule has 4 saturated carbocycles. The van der Waals surface area contributed by atoms with Gasteiger partial charge in [0.1, 0.15) is 17.3 Å². The molecular weight excluding hydrogens is 456 g/mol. The molecule has 4 fully saturated rings. The Morgan fingerprint density at radius 2 is 1.61 bits per heavy atom. The summed E-state index contributed by atoms with van der Waals surface area (Å²) in [6, 6.07) is 9.08. The van der Waals surface area contributed by atoms with E-state index in [4.69, 9.17) is 4.74 Å². The van der Waals surface area contributed by atoms with Gasteiger partial charge in [-0.15, -0.1) is 0 Å². The molecule has 3 N–H and O–H groups in total. The summed E-state index contributed by atoms with van der Waals surface area (Å²) in [5.41, 5.74) is 6.60. The van der Waals surface area contributed by atoms with Crippen molar-refractivity contribution in [3.63, 3.8) is 0 Å². The van der Waals surface area contributed by atoms with E-state index in [-0.39, 0.29) is 11.1 Å². The lowest BCUT2D eigenvalue weighted by atomic mass is 9.48. The second-order valence-corrected chi connectivity index (χ2v) is 12.1. The van der Waals surface area contributed by atoms with Gasteiger partial charge in [0.25, 0.3) is 11.8 Å². The van der Waals surface area contributed by atoms with E-state index in [0.29, 0.717) is 0 Å². The average Bonchev–Trinajstić information content (AvgIpc) is 2.79. The van der Waals surface area contributed by atoms with Gasteiger partial charge in [-0.25, -0.2) is 9.78 Å². The third kappa shape index (κ3) is 4.90. The number of aromatic nitrogens is 1. The van der Waals surface area contributed by atoms with E-state index in [1.54, 1.807) is 20.8 Å². The number of benzene rings is 1. The molecule has 4 aliphatic carbocycles. The molecule has 0 saturated heterocycles. The summed E-state index contributed by atoms with van der Waals surface area (Å²) in [4.78, 5) is 42.1. The molecule has 0 unspecified atom stereocenters. The number of amides is 3. The van der Waals surface area contributed by atoms with Crippen LogP contribution in [0.4, 0.5) is 4.79 Å². The zero-order valence-corrected chi connectivity index (χ0v) is 21.5. The number of hydrazine groups is 1. The number of fused-ring (bicyclic) bond motifs is 1. The monoisotopic (exact) mass is 492 g/mol. The Labute approximate surface area is 211 Å². The summed E-state index contributed by atoms with van der Waals surface area (Å²) in [7, 11) is 0. The molecular formula is C28H36N4O4. The minimum atomic E-state index is -0.896. The van der Waals surface area contributed by atoms with Gasteiger partial charge in [0, 0.05) is 5.39 Å². The molecule has 6 rings (SSSR count). The number of hydrogen-bond acceptors (Lipinski definition) is 5. The summed E-state index contributed by atoms with van der Waals surface area (Å²) in [6.07, 6.45) is 6.87. The van der Waals surface area contributed by atoms with Crippen molar-refractivity contribution in [1.29, 1.82) is 0 Å². The normalized spacial score (nSPS) is 27.4. The largest absolute Gasteiger partial charge is 0.444 e. The summed E-state index contributed by atoms with van der Waals surface area (Å²) in [5.74, 6) is 1.29. The molecule has 1 atom stereocenters. The van der Waals surface area contributed by atoms with E-state index in [2.05, 4.69) is 27.2 Å². The van der Waals surface area contributed by atoms with E-state index in [1.165, 1.54) is 51.0 Å². The molecule has 1 heterocycles.